The molecule has 1 unspecified atom stereocenters. The van der Waals surface area contributed by atoms with E-state index >= 15 is 0 Å². The number of hydrogen-bond acceptors (Lipinski definition) is 4. The summed E-state index contributed by atoms with van der Waals surface area (Å²) in [6.45, 7) is 3.77. The standard InChI is InChI=1S/C19H26N4O2/c24-18-13-15(14-23(18)17-3-1-2-4-17)19(25)22-11-9-21(10-12-22)16-5-7-20-8-6-16/h5-8,15,17H,1-4,9-14H2. The quantitative estimate of drug-likeness (QED) is 0.836. The molecule has 134 valence electrons. The van der Waals surface area contributed by atoms with Crippen molar-refractivity contribution in [1.29, 1.82) is 0 Å². The van der Waals surface area contributed by atoms with Crippen LogP contribution in [0, 0.1) is 5.92 Å². The molecule has 3 heterocycles. The Morgan fingerprint density at radius 3 is 2.40 bits per heavy atom. The smallest absolute Gasteiger partial charge is 0.228 e. The number of carbonyl (C=O) groups is 2. The predicted octanol–water partition coefficient (Wildman–Crippen LogP) is 1.52. The number of likely N-dealkylation sites (tertiary alicyclic amines) is 1. The summed E-state index contributed by atoms with van der Waals surface area (Å²) in [5, 5.41) is 0. The molecule has 0 N–H and O–H groups in total. The molecule has 3 aliphatic rings. The summed E-state index contributed by atoms with van der Waals surface area (Å²) in [6, 6.07) is 4.40. The van der Waals surface area contributed by atoms with Crippen LogP contribution < -0.4 is 4.90 Å². The molecule has 0 bridgehead atoms. The van der Waals surface area contributed by atoms with E-state index in [-0.39, 0.29) is 17.7 Å². The minimum atomic E-state index is -0.138. The van der Waals surface area contributed by atoms with E-state index in [0.717, 1.165) is 44.7 Å². The fraction of sp³-hybridized carbons (Fsp3) is 0.632. The van der Waals surface area contributed by atoms with Crippen LogP contribution >= 0.6 is 0 Å². The van der Waals surface area contributed by atoms with Gasteiger partial charge >= 0.3 is 0 Å². The SMILES string of the molecule is O=C(C1CC(=O)N(C2CCCC2)C1)N1CCN(c2ccncc2)CC1. The molecule has 6 heteroatoms. The summed E-state index contributed by atoms with van der Waals surface area (Å²) in [4.78, 5) is 35.5. The van der Waals surface area contributed by atoms with Crippen molar-refractivity contribution in [3.8, 4) is 0 Å². The topological polar surface area (TPSA) is 56.8 Å². The van der Waals surface area contributed by atoms with E-state index < -0.39 is 0 Å². The first-order valence-electron chi connectivity index (χ1n) is 9.45. The Hall–Kier alpha value is -2.11. The molecule has 4 rings (SSSR count). The Kier molecular flexibility index (Phi) is 4.59. The fourth-order valence-corrected chi connectivity index (χ4v) is 4.46. The molecule has 0 radical (unpaired) electrons. The van der Waals surface area contributed by atoms with Crippen LogP contribution in [-0.2, 0) is 9.59 Å². The number of piperazine rings is 1. The lowest BCUT2D eigenvalue weighted by atomic mass is 10.1. The van der Waals surface area contributed by atoms with Crippen molar-refractivity contribution in [2.24, 2.45) is 5.92 Å². The van der Waals surface area contributed by atoms with Gasteiger partial charge in [-0.1, -0.05) is 12.8 Å². The summed E-state index contributed by atoms with van der Waals surface area (Å²) in [6.07, 6.45) is 8.64. The second-order valence-electron chi connectivity index (χ2n) is 7.40. The van der Waals surface area contributed by atoms with Gasteiger partial charge in [0, 0.05) is 63.3 Å². The van der Waals surface area contributed by atoms with Crippen molar-refractivity contribution in [3.05, 3.63) is 24.5 Å². The Morgan fingerprint density at radius 1 is 1.04 bits per heavy atom. The number of carbonyl (C=O) groups excluding carboxylic acids is 2. The molecule has 2 saturated heterocycles. The lowest BCUT2D eigenvalue weighted by molar-refractivity contribution is -0.136. The van der Waals surface area contributed by atoms with Crippen molar-refractivity contribution >= 4 is 17.5 Å². The van der Waals surface area contributed by atoms with Crippen LogP contribution in [0.2, 0.25) is 0 Å². The van der Waals surface area contributed by atoms with Gasteiger partial charge in [0.25, 0.3) is 0 Å². The van der Waals surface area contributed by atoms with Gasteiger partial charge in [-0.3, -0.25) is 14.6 Å². The number of pyridine rings is 1. The van der Waals surface area contributed by atoms with Crippen molar-refractivity contribution < 1.29 is 9.59 Å². The summed E-state index contributed by atoms with van der Waals surface area (Å²) in [5.41, 5.74) is 1.16. The molecule has 0 aromatic carbocycles. The maximum atomic E-state index is 12.9. The Balaban J connectivity index is 1.32. The third kappa shape index (κ3) is 3.34. The third-order valence-corrected chi connectivity index (χ3v) is 5.89. The lowest BCUT2D eigenvalue weighted by Gasteiger charge is -2.37. The van der Waals surface area contributed by atoms with Crippen molar-refractivity contribution in [3.63, 3.8) is 0 Å². The number of hydrogen-bond donors (Lipinski definition) is 0. The van der Waals surface area contributed by atoms with Crippen molar-refractivity contribution in [2.75, 3.05) is 37.6 Å². The molecule has 25 heavy (non-hydrogen) atoms. The van der Waals surface area contributed by atoms with Crippen molar-refractivity contribution in [1.82, 2.24) is 14.8 Å². The molecule has 3 fully saturated rings. The van der Waals surface area contributed by atoms with Crippen LogP contribution in [0.4, 0.5) is 5.69 Å². The van der Waals surface area contributed by atoms with Crippen LogP contribution in [-0.4, -0.2) is 65.4 Å². The molecule has 1 aliphatic carbocycles. The number of anilines is 1. The fourth-order valence-electron chi connectivity index (χ4n) is 4.46. The van der Waals surface area contributed by atoms with Crippen molar-refractivity contribution in [2.45, 2.75) is 38.1 Å². The Labute approximate surface area is 148 Å². The number of aromatic nitrogens is 1. The normalized spacial score (nSPS) is 25.0. The highest BCUT2D eigenvalue weighted by Gasteiger charge is 2.40. The molecule has 1 atom stereocenters. The monoisotopic (exact) mass is 342 g/mol. The molecule has 2 aliphatic heterocycles. The zero-order valence-electron chi connectivity index (χ0n) is 14.6. The molecule has 2 amide bonds. The highest BCUT2D eigenvalue weighted by atomic mass is 16.2. The average Bonchev–Trinajstić information content (AvgIpc) is 3.31. The van der Waals surface area contributed by atoms with Crippen LogP contribution in [0.5, 0.6) is 0 Å². The summed E-state index contributed by atoms with van der Waals surface area (Å²) >= 11 is 0. The Morgan fingerprint density at radius 2 is 1.72 bits per heavy atom. The second kappa shape index (κ2) is 7.02. The first-order chi connectivity index (χ1) is 12.2. The van der Waals surface area contributed by atoms with Gasteiger partial charge < -0.3 is 14.7 Å². The zero-order chi connectivity index (χ0) is 17.2. The second-order valence-corrected chi connectivity index (χ2v) is 7.40. The molecule has 1 aromatic rings. The van der Waals surface area contributed by atoms with Gasteiger partial charge in [-0.25, -0.2) is 0 Å². The lowest BCUT2D eigenvalue weighted by Crippen LogP contribution is -2.50. The van der Waals surface area contributed by atoms with Gasteiger partial charge in [-0.2, -0.15) is 0 Å². The minimum absolute atomic E-state index is 0.138. The van der Waals surface area contributed by atoms with Gasteiger partial charge in [-0.15, -0.1) is 0 Å². The van der Waals surface area contributed by atoms with E-state index in [2.05, 4.69) is 9.88 Å². The van der Waals surface area contributed by atoms with Crippen LogP contribution in [0.15, 0.2) is 24.5 Å². The Bertz CT molecular complexity index is 622. The third-order valence-electron chi connectivity index (χ3n) is 5.89. The molecule has 0 spiro atoms. The molecular weight excluding hydrogens is 316 g/mol. The largest absolute Gasteiger partial charge is 0.368 e. The summed E-state index contributed by atoms with van der Waals surface area (Å²) in [5.74, 6) is 0.212. The van der Waals surface area contributed by atoms with E-state index in [4.69, 9.17) is 0 Å². The first kappa shape index (κ1) is 16.4. The van der Waals surface area contributed by atoms with Crippen LogP contribution in [0.3, 0.4) is 0 Å². The maximum absolute atomic E-state index is 12.9. The van der Waals surface area contributed by atoms with Gasteiger partial charge in [0.2, 0.25) is 11.8 Å². The van der Waals surface area contributed by atoms with Gasteiger partial charge in [0.15, 0.2) is 0 Å². The highest BCUT2D eigenvalue weighted by Crippen LogP contribution is 2.30. The number of rotatable bonds is 3. The van der Waals surface area contributed by atoms with Gasteiger partial charge in [0.1, 0.15) is 0 Å². The number of nitrogens with zero attached hydrogens (tertiary/aromatic N) is 4. The van der Waals surface area contributed by atoms with Gasteiger partial charge in [0.05, 0.1) is 5.92 Å². The van der Waals surface area contributed by atoms with Crippen LogP contribution in [0.1, 0.15) is 32.1 Å². The van der Waals surface area contributed by atoms with E-state index in [1.165, 1.54) is 12.8 Å². The molecule has 1 aromatic heterocycles. The van der Waals surface area contributed by atoms with Gasteiger partial charge in [-0.05, 0) is 25.0 Å². The molecule has 1 saturated carbocycles. The molecule has 6 nitrogen and oxygen atoms in total. The maximum Gasteiger partial charge on any atom is 0.228 e. The average molecular weight is 342 g/mol. The first-order valence-corrected chi connectivity index (χ1v) is 9.45. The van der Waals surface area contributed by atoms with E-state index in [0.29, 0.717) is 19.0 Å². The summed E-state index contributed by atoms with van der Waals surface area (Å²) < 4.78 is 0. The minimum Gasteiger partial charge on any atom is -0.368 e. The van der Waals surface area contributed by atoms with E-state index in [1.807, 2.05) is 21.9 Å². The number of amides is 2. The predicted molar refractivity (Wildman–Crippen MR) is 95.1 cm³/mol. The summed E-state index contributed by atoms with van der Waals surface area (Å²) in [7, 11) is 0. The molecular formula is C19H26N4O2. The van der Waals surface area contributed by atoms with E-state index in [9.17, 15) is 9.59 Å². The van der Waals surface area contributed by atoms with Crippen LogP contribution in [0.25, 0.3) is 0 Å². The zero-order valence-corrected chi connectivity index (χ0v) is 14.6. The highest BCUT2D eigenvalue weighted by molar-refractivity contribution is 5.89. The van der Waals surface area contributed by atoms with E-state index in [1.54, 1.807) is 12.4 Å².